The van der Waals surface area contributed by atoms with Crippen LogP contribution in [0.25, 0.3) is 11.1 Å². The van der Waals surface area contributed by atoms with Gasteiger partial charge in [-0.15, -0.1) is 11.3 Å². The average Bonchev–Trinajstić information content (AvgIpc) is 3.77. The molecule has 5 heterocycles. The molecule has 210 valence electrons. The van der Waals surface area contributed by atoms with Gasteiger partial charge in [-0.05, 0) is 79.6 Å². The lowest BCUT2D eigenvalue weighted by molar-refractivity contribution is -0.121. The Labute approximate surface area is 245 Å². The number of carbonyl (C=O) groups is 2. The lowest BCUT2D eigenvalue weighted by Crippen LogP contribution is -2.38. The first-order chi connectivity index (χ1) is 20.0. The number of aryl methyl sites for hydroxylation is 1. The number of nitrogens with zero attached hydrogens (tertiary/aromatic N) is 4. The van der Waals surface area contributed by atoms with Gasteiger partial charge in [0.15, 0.2) is 11.2 Å². The predicted octanol–water partition coefficient (Wildman–Crippen LogP) is 5.55. The largest absolute Gasteiger partial charge is 0.334 e. The second-order valence-corrected chi connectivity index (χ2v) is 12.1. The fourth-order valence-corrected chi connectivity index (χ4v) is 7.20. The van der Waals surface area contributed by atoms with Crippen LogP contribution in [0.1, 0.15) is 64.1 Å². The number of anilines is 1. The molecule has 41 heavy (non-hydrogen) atoms. The fourth-order valence-electron chi connectivity index (χ4n) is 6.34. The molecule has 0 aliphatic carbocycles. The Balaban J connectivity index is 1.22. The number of amides is 2. The zero-order chi connectivity index (χ0) is 28.1. The zero-order valence-corrected chi connectivity index (χ0v) is 23.8. The summed E-state index contributed by atoms with van der Waals surface area (Å²) < 4.78 is 17.7. The molecule has 2 aromatic heterocycles. The quantitative estimate of drug-likeness (QED) is 0.307. The Kier molecular flexibility index (Phi) is 6.84. The van der Waals surface area contributed by atoms with E-state index < -0.39 is 23.7 Å². The summed E-state index contributed by atoms with van der Waals surface area (Å²) in [4.78, 5) is 37.7. The van der Waals surface area contributed by atoms with E-state index in [9.17, 15) is 9.59 Å². The number of hydrogen-bond donors (Lipinski definition) is 2. The standard InChI is InChI=1S/C30H28ClFN6O2S/c31-23-13-18(3-4-20(23)17-5-7-33-8-6-17)19-12-21-22(24(32)14-19)15-38(29(21)40)27(28(39)36-30-34-9-11-41-30)26-25-2-1-10-37(25)16-35-26/h3-4,9,11-14,16-17,27,33H,1-2,5-8,10,15H2,(H,34,36,39). The monoisotopic (exact) mass is 590 g/mol. The van der Waals surface area contributed by atoms with Crippen molar-refractivity contribution in [2.45, 2.75) is 50.7 Å². The van der Waals surface area contributed by atoms with Crippen LogP contribution in [0.3, 0.4) is 0 Å². The Morgan fingerprint density at radius 3 is 2.80 bits per heavy atom. The lowest BCUT2D eigenvalue weighted by atomic mass is 9.89. The third-order valence-electron chi connectivity index (χ3n) is 8.40. The number of rotatable bonds is 6. The summed E-state index contributed by atoms with van der Waals surface area (Å²) in [6, 6.07) is 7.96. The highest BCUT2D eigenvalue weighted by molar-refractivity contribution is 7.13. The van der Waals surface area contributed by atoms with E-state index in [0.717, 1.165) is 62.1 Å². The van der Waals surface area contributed by atoms with Crippen LogP contribution < -0.4 is 10.6 Å². The molecule has 4 aromatic rings. The normalized spacial score (nSPS) is 17.5. The summed E-state index contributed by atoms with van der Waals surface area (Å²) in [5.41, 5.74) is 4.40. The summed E-state index contributed by atoms with van der Waals surface area (Å²) in [5, 5.41) is 9.04. The van der Waals surface area contributed by atoms with E-state index in [-0.39, 0.29) is 17.7 Å². The van der Waals surface area contributed by atoms with Gasteiger partial charge < -0.3 is 14.8 Å². The molecule has 0 spiro atoms. The number of nitrogens with one attached hydrogen (secondary N) is 2. The number of halogens is 2. The van der Waals surface area contributed by atoms with E-state index in [1.807, 2.05) is 22.8 Å². The first-order valence-electron chi connectivity index (χ1n) is 13.9. The minimum absolute atomic E-state index is 0.0298. The molecular weight excluding hydrogens is 563 g/mol. The average molecular weight is 591 g/mol. The maximum Gasteiger partial charge on any atom is 0.255 e. The number of piperidine rings is 1. The minimum atomic E-state index is -1.02. The number of carbonyl (C=O) groups excluding carboxylic acids is 2. The predicted molar refractivity (Wildman–Crippen MR) is 156 cm³/mol. The van der Waals surface area contributed by atoms with Crippen LogP contribution in [-0.4, -0.2) is 44.3 Å². The van der Waals surface area contributed by atoms with Gasteiger partial charge in [0.25, 0.3) is 11.8 Å². The van der Waals surface area contributed by atoms with Gasteiger partial charge in [-0.1, -0.05) is 23.7 Å². The molecule has 2 aromatic carbocycles. The number of aromatic nitrogens is 3. The molecule has 0 bridgehead atoms. The van der Waals surface area contributed by atoms with Crippen molar-refractivity contribution < 1.29 is 14.0 Å². The van der Waals surface area contributed by atoms with Crippen LogP contribution in [0.2, 0.25) is 5.02 Å². The summed E-state index contributed by atoms with van der Waals surface area (Å²) in [6.07, 6.45) is 7.06. The minimum Gasteiger partial charge on any atom is -0.334 e. The van der Waals surface area contributed by atoms with E-state index in [2.05, 4.69) is 20.6 Å². The molecule has 7 rings (SSSR count). The van der Waals surface area contributed by atoms with Crippen LogP contribution in [0, 0.1) is 5.82 Å². The van der Waals surface area contributed by atoms with Crippen molar-refractivity contribution in [3.63, 3.8) is 0 Å². The van der Waals surface area contributed by atoms with E-state index in [1.54, 1.807) is 24.0 Å². The van der Waals surface area contributed by atoms with Gasteiger partial charge >= 0.3 is 0 Å². The van der Waals surface area contributed by atoms with E-state index in [0.29, 0.717) is 27.3 Å². The number of fused-ring (bicyclic) bond motifs is 2. The first kappa shape index (κ1) is 26.3. The van der Waals surface area contributed by atoms with Crippen LogP contribution in [-0.2, 0) is 24.3 Å². The van der Waals surface area contributed by atoms with Crippen molar-refractivity contribution >= 4 is 39.9 Å². The maximum atomic E-state index is 15.6. The molecule has 11 heteroatoms. The van der Waals surface area contributed by atoms with Gasteiger partial charge in [-0.2, -0.15) is 0 Å². The van der Waals surface area contributed by atoms with Gasteiger partial charge in [0.2, 0.25) is 0 Å². The molecule has 2 N–H and O–H groups in total. The van der Waals surface area contributed by atoms with E-state index in [4.69, 9.17) is 11.6 Å². The fraction of sp³-hybridized carbons (Fsp3) is 0.333. The van der Waals surface area contributed by atoms with Crippen LogP contribution in [0.5, 0.6) is 0 Å². The van der Waals surface area contributed by atoms with Crippen LogP contribution in [0.15, 0.2) is 48.2 Å². The van der Waals surface area contributed by atoms with Gasteiger partial charge in [0, 0.05) is 40.0 Å². The van der Waals surface area contributed by atoms with Crippen molar-refractivity contribution in [3.05, 3.63) is 87.2 Å². The number of benzene rings is 2. The molecule has 3 aliphatic rings. The Hall–Kier alpha value is -3.60. The van der Waals surface area contributed by atoms with Crippen molar-refractivity contribution in [1.29, 1.82) is 0 Å². The van der Waals surface area contributed by atoms with Gasteiger partial charge in [-0.3, -0.25) is 14.9 Å². The maximum absolute atomic E-state index is 15.6. The van der Waals surface area contributed by atoms with Crippen molar-refractivity contribution in [2.24, 2.45) is 0 Å². The summed E-state index contributed by atoms with van der Waals surface area (Å²) in [6.45, 7) is 2.70. The van der Waals surface area contributed by atoms with E-state index in [1.165, 1.54) is 22.3 Å². The smallest absolute Gasteiger partial charge is 0.255 e. The Morgan fingerprint density at radius 2 is 2.02 bits per heavy atom. The Bertz CT molecular complexity index is 1650. The van der Waals surface area contributed by atoms with Crippen molar-refractivity contribution in [2.75, 3.05) is 18.4 Å². The highest BCUT2D eigenvalue weighted by atomic mass is 35.5. The number of imidazole rings is 1. The highest BCUT2D eigenvalue weighted by Crippen LogP contribution is 2.39. The molecular formula is C30H28ClFN6O2S. The molecule has 1 atom stereocenters. The molecule has 1 fully saturated rings. The van der Waals surface area contributed by atoms with E-state index >= 15 is 4.39 Å². The third-order valence-corrected chi connectivity index (χ3v) is 9.42. The van der Waals surface area contributed by atoms with Gasteiger partial charge in [0.05, 0.1) is 18.6 Å². The van der Waals surface area contributed by atoms with Crippen molar-refractivity contribution in [1.82, 2.24) is 24.8 Å². The molecule has 3 aliphatic heterocycles. The highest BCUT2D eigenvalue weighted by Gasteiger charge is 2.42. The Morgan fingerprint density at radius 1 is 1.17 bits per heavy atom. The topological polar surface area (TPSA) is 92.2 Å². The third kappa shape index (κ3) is 4.73. The summed E-state index contributed by atoms with van der Waals surface area (Å²) in [5.74, 6) is -0.921. The van der Waals surface area contributed by atoms with Crippen molar-refractivity contribution in [3.8, 4) is 11.1 Å². The second kappa shape index (κ2) is 10.7. The van der Waals surface area contributed by atoms with Gasteiger partial charge in [0.1, 0.15) is 5.82 Å². The molecule has 2 amide bonds. The van der Waals surface area contributed by atoms with Crippen LogP contribution >= 0.6 is 22.9 Å². The molecule has 8 nitrogen and oxygen atoms in total. The molecule has 1 unspecified atom stereocenters. The molecule has 0 saturated carbocycles. The summed E-state index contributed by atoms with van der Waals surface area (Å²) in [7, 11) is 0. The number of hydrogen-bond acceptors (Lipinski definition) is 6. The molecule has 0 radical (unpaired) electrons. The zero-order valence-electron chi connectivity index (χ0n) is 22.2. The lowest BCUT2D eigenvalue weighted by Gasteiger charge is -2.26. The number of thiazole rings is 1. The first-order valence-corrected chi connectivity index (χ1v) is 15.1. The second-order valence-electron chi connectivity index (χ2n) is 10.8. The SMILES string of the molecule is O=C(Nc1nccs1)C(c1ncn2c1CCC2)N1Cc2c(F)cc(-c3ccc(C4CCNCC4)c(Cl)c3)cc2C1=O. The molecule has 1 saturated heterocycles. The van der Waals surface area contributed by atoms with Gasteiger partial charge in [-0.25, -0.2) is 14.4 Å². The van der Waals surface area contributed by atoms with Crippen LogP contribution in [0.4, 0.5) is 9.52 Å². The summed E-state index contributed by atoms with van der Waals surface area (Å²) >= 11 is 8.00.